The van der Waals surface area contributed by atoms with E-state index in [-0.39, 0.29) is 12.3 Å². The maximum absolute atomic E-state index is 6.34. The molecular weight excluding hydrogens is 292 g/mol. The first-order valence-electron chi connectivity index (χ1n) is 7.21. The SMILES string of the molecule is CNCC[C@H](Oc1cccc2ccccc12)c1cccs1.N. The summed E-state index contributed by atoms with van der Waals surface area (Å²) in [5.74, 6) is 0.961. The Hall–Kier alpha value is -1.88. The molecule has 0 spiro atoms. The molecule has 0 saturated heterocycles. The quantitative estimate of drug-likeness (QED) is 0.687. The molecule has 0 radical (unpaired) electrons. The van der Waals surface area contributed by atoms with Crippen LogP contribution in [-0.4, -0.2) is 13.6 Å². The molecule has 0 fully saturated rings. The zero-order valence-corrected chi connectivity index (χ0v) is 13.6. The van der Waals surface area contributed by atoms with Gasteiger partial charge in [-0.25, -0.2) is 0 Å². The Morgan fingerprint density at radius 3 is 2.64 bits per heavy atom. The van der Waals surface area contributed by atoms with E-state index in [1.54, 1.807) is 11.3 Å². The fourth-order valence-electron chi connectivity index (χ4n) is 2.46. The number of fused-ring (bicyclic) bond motifs is 1. The summed E-state index contributed by atoms with van der Waals surface area (Å²) in [5.41, 5.74) is 0. The van der Waals surface area contributed by atoms with Gasteiger partial charge in [0.15, 0.2) is 0 Å². The second kappa shape index (κ2) is 7.94. The minimum Gasteiger partial charge on any atom is -0.484 e. The monoisotopic (exact) mass is 314 g/mol. The zero-order valence-electron chi connectivity index (χ0n) is 12.8. The summed E-state index contributed by atoms with van der Waals surface area (Å²) in [4.78, 5) is 1.28. The highest BCUT2D eigenvalue weighted by atomic mass is 32.1. The van der Waals surface area contributed by atoms with E-state index < -0.39 is 0 Å². The molecule has 4 heteroatoms. The Bertz CT molecular complexity index is 692. The number of rotatable bonds is 6. The minimum absolute atomic E-state index is 0. The van der Waals surface area contributed by atoms with Crippen LogP contribution < -0.4 is 16.2 Å². The van der Waals surface area contributed by atoms with Crippen LogP contribution in [0.2, 0.25) is 0 Å². The fraction of sp³-hybridized carbons (Fsp3) is 0.222. The third kappa shape index (κ3) is 3.65. The fourth-order valence-corrected chi connectivity index (χ4v) is 3.25. The highest BCUT2D eigenvalue weighted by Crippen LogP contribution is 2.32. The first-order chi connectivity index (χ1) is 10.4. The van der Waals surface area contributed by atoms with Gasteiger partial charge in [-0.1, -0.05) is 42.5 Å². The molecule has 0 aliphatic carbocycles. The lowest BCUT2D eigenvalue weighted by molar-refractivity contribution is 0.201. The Balaban J connectivity index is 0.00000176. The molecule has 2 aromatic carbocycles. The van der Waals surface area contributed by atoms with Crippen LogP contribution in [0.3, 0.4) is 0 Å². The molecule has 3 aromatic rings. The van der Waals surface area contributed by atoms with Crippen LogP contribution in [0.5, 0.6) is 5.75 Å². The van der Waals surface area contributed by atoms with Gasteiger partial charge in [0.05, 0.1) is 0 Å². The first-order valence-corrected chi connectivity index (χ1v) is 8.09. The van der Waals surface area contributed by atoms with Gasteiger partial charge < -0.3 is 16.2 Å². The van der Waals surface area contributed by atoms with Gasteiger partial charge in [-0.05, 0) is 36.5 Å². The smallest absolute Gasteiger partial charge is 0.134 e. The van der Waals surface area contributed by atoms with Crippen molar-refractivity contribution in [1.29, 1.82) is 0 Å². The second-order valence-electron chi connectivity index (χ2n) is 4.99. The molecule has 1 heterocycles. The maximum Gasteiger partial charge on any atom is 0.134 e. The van der Waals surface area contributed by atoms with Gasteiger partial charge in [0, 0.05) is 16.7 Å². The zero-order chi connectivity index (χ0) is 14.5. The van der Waals surface area contributed by atoms with Gasteiger partial charge in [0.25, 0.3) is 0 Å². The molecule has 116 valence electrons. The number of hydrogen-bond donors (Lipinski definition) is 2. The van der Waals surface area contributed by atoms with Crippen molar-refractivity contribution >= 4 is 22.1 Å². The topological polar surface area (TPSA) is 56.3 Å². The lowest BCUT2D eigenvalue weighted by atomic mass is 10.1. The number of hydrogen-bond acceptors (Lipinski definition) is 4. The average Bonchev–Trinajstić information content (AvgIpc) is 3.06. The number of nitrogens with one attached hydrogen (secondary N) is 1. The molecule has 1 aromatic heterocycles. The average molecular weight is 314 g/mol. The van der Waals surface area contributed by atoms with E-state index in [1.807, 2.05) is 7.05 Å². The largest absolute Gasteiger partial charge is 0.484 e. The summed E-state index contributed by atoms with van der Waals surface area (Å²) >= 11 is 1.75. The predicted molar refractivity (Wildman–Crippen MR) is 95.2 cm³/mol. The van der Waals surface area contributed by atoms with Crippen LogP contribution in [0.25, 0.3) is 10.8 Å². The summed E-state index contributed by atoms with van der Waals surface area (Å²) in [6, 6.07) is 18.8. The Morgan fingerprint density at radius 2 is 1.86 bits per heavy atom. The second-order valence-corrected chi connectivity index (χ2v) is 5.97. The van der Waals surface area contributed by atoms with Crippen molar-refractivity contribution < 1.29 is 4.74 Å². The molecular formula is C18H22N2OS. The molecule has 3 nitrogen and oxygen atoms in total. The highest BCUT2D eigenvalue weighted by molar-refractivity contribution is 7.10. The van der Waals surface area contributed by atoms with Gasteiger partial charge in [0.2, 0.25) is 0 Å². The molecule has 0 saturated carbocycles. The van der Waals surface area contributed by atoms with Crippen molar-refractivity contribution in [2.75, 3.05) is 13.6 Å². The number of benzene rings is 2. The van der Waals surface area contributed by atoms with Crippen molar-refractivity contribution in [3.8, 4) is 5.75 Å². The lowest BCUT2D eigenvalue weighted by Crippen LogP contribution is -2.15. The molecule has 22 heavy (non-hydrogen) atoms. The van der Waals surface area contributed by atoms with Crippen LogP contribution in [0.15, 0.2) is 60.0 Å². The van der Waals surface area contributed by atoms with Crippen molar-refractivity contribution in [1.82, 2.24) is 11.5 Å². The van der Waals surface area contributed by atoms with E-state index in [0.717, 1.165) is 18.7 Å². The van der Waals surface area contributed by atoms with E-state index in [9.17, 15) is 0 Å². The third-order valence-electron chi connectivity index (χ3n) is 3.54. The number of ether oxygens (including phenoxy) is 1. The number of thiophene rings is 1. The van der Waals surface area contributed by atoms with E-state index >= 15 is 0 Å². The highest BCUT2D eigenvalue weighted by Gasteiger charge is 2.15. The maximum atomic E-state index is 6.34. The molecule has 4 N–H and O–H groups in total. The summed E-state index contributed by atoms with van der Waals surface area (Å²) in [5, 5.41) is 7.70. The van der Waals surface area contributed by atoms with Gasteiger partial charge >= 0.3 is 0 Å². The molecule has 0 aliphatic heterocycles. The van der Waals surface area contributed by atoms with Gasteiger partial charge in [0.1, 0.15) is 11.9 Å². The van der Waals surface area contributed by atoms with Crippen molar-refractivity contribution in [2.24, 2.45) is 0 Å². The molecule has 0 aliphatic rings. The normalized spacial score (nSPS) is 11.9. The predicted octanol–water partition coefficient (Wildman–Crippen LogP) is 4.79. The Morgan fingerprint density at radius 1 is 1.05 bits per heavy atom. The van der Waals surface area contributed by atoms with Crippen LogP contribution >= 0.6 is 11.3 Å². The lowest BCUT2D eigenvalue weighted by Gasteiger charge is -2.19. The molecule has 0 unspecified atom stereocenters. The molecule has 0 bridgehead atoms. The first kappa shape index (κ1) is 16.5. The summed E-state index contributed by atoms with van der Waals surface area (Å²) in [7, 11) is 1.98. The molecule has 3 rings (SSSR count). The van der Waals surface area contributed by atoms with Crippen molar-refractivity contribution in [3.63, 3.8) is 0 Å². The molecule has 0 amide bonds. The Labute approximate surface area is 135 Å². The van der Waals surface area contributed by atoms with E-state index in [1.165, 1.54) is 15.6 Å². The molecule has 1 atom stereocenters. The van der Waals surface area contributed by atoms with Crippen LogP contribution in [-0.2, 0) is 0 Å². The third-order valence-corrected chi connectivity index (χ3v) is 4.50. The summed E-state index contributed by atoms with van der Waals surface area (Å²) < 4.78 is 6.34. The van der Waals surface area contributed by atoms with Gasteiger partial charge in [-0.2, -0.15) is 0 Å². The van der Waals surface area contributed by atoms with Gasteiger partial charge in [-0.15, -0.1) is 11.3 Å². The van der Waals surface area contributed by atoms with Crippen molar-refractivity contribution in [3.05, 3.63) is 64.9 Å². The standard InChI is InChI=1S/C18H19NOS.H3N/c1-19-12-11-17(18-10-5-13-21-18)20-16-9-4-7-14-6-2-3-8-15(14)16;/h2-10,13,17,19H,11-12H2,1H3;1H3/t17-;/m0./s1. The van der Waals surface area contributed by atoms with E-state index in [4.69, 9.17) is 4.74 Å². The van der Waals surface area contributed by atoms with E-state index in [2.05, 4.69) is 65.3 Å². The van der Waals surface area contributed by atoms with Crippen LogP contribution in [0.4, 0.5) is 0 Å². The summed E-state index contributed by atoms with van der Waals surface area (Å²) in [6.07, 6.45) is 1.06. The Kier molecular flexibility index (Phi) is 5.95. The minimum atomic E-state index is 0. The summed E-state index contributed by atoms with van der Waals surface area (Å²) in [6.45, 7) is 0.938. The van der Waals surface area contributed by atoms with Crippen LogP contribution in [0, 0.1) is 0 Å². The van der Waals surface area contributed by atoms with Crippen molar-refractivity contribution in [2.45, 2.75) is 12.5 Å². The van der Waals surface area contributed by atoms with Gasteiger partial charge in [-0.3, -0.25) is 0 Å². The van der Waals surface area contributed by atoms with E-state index in [0.29, 0.717) is 0 Å². The van der Waals surface area contributed by atoms with Crippen LogP contribution in [0.1, 0.15) is 17.4 Å².